The van der Waals surface area contributed by atoms with Gasteiger partial charge in [0.05, 0.1) is 19.8 Å². The van der Waals surface area contributed by atoms with E-state index in [1.807, 2.05) is 32.9 Å². The largest absolute Gasteiger partial charge is 0.494 e. The maximum atomic E-state index is 12.7. The summed E-state index contributed by atoms with van der Waals surface area (Å²) in [6, 6.07) is 11.3. The van der Waals surface area contributed by atoms with Gasteiger partial charge in [-0.1, -0.05) is 13.0 Å². The van der Waals surface area contributed by atoms with E-state index in [-0.39, 0.29) is 5.78 Å². The van der Waals surface area contributed by atoms with E-state index in [1.54, 1.807) is 30.4 Å². The first kappa shape index (κ1) is 20.6. The van der Waals surface area contributed by atoms with Gasteiger partial charge in [-0.3, -0.25) is 4.79 Å². The molecular weight excluding hydrogens is 340 g/mol. The fraction of sp³-hybridized carbons (Fsp3) is 0.348. The Bertz CT molecular complexity index is 769. The average molecular weight is 368 g/mol. The number of rotatable bonds is 10. The zero-order chi connectivity index (χ0) is 19.6. The third-order valence-corrected chi connectivity index (χ3v) is 3.98. The molecule has 0 fully saturated rings. The van der Waals surface area contributed by atoms with Crippen LogP contribution >= 0.6 is 0 Å². The summed E-state index contributed by atoms with van der Waals surface area (Å²) in [6.07, 6.45) is 4.30. The molecule has 0 bridgehead atoms. The van der Waals surface area contributed by atoms with Crippen molar-refractivity contribution in [1.82, 2.24) is 0 Å². The number of benzene rings is 2. The summed E-state index contributed by atoms with van der Waals surface area (Å²) in [5.41, 5.74) is 2.63. The zero-order valence-electron chi connectivity index (χ0n) is 16.6. The van der Waals surface area contributed by atoms with Crippen molar-refractivity contribution in [1.29, 1.82) is 0 Å². The van der Waals surface area contributed by atoms with Gasteiger partial charge in [-0.2, -0.15) is 0 Å². The Morgan fingerprint density at radius 1 is 0.852 bits per heavy atom. The van der Waals surface area contributed by atoms with E-state index in [0.29, 0.717) is 36.9 Å². The first-order valence-electron chi connectivity index (χ1n) is 9.50. The van der Waals surface area contributed by atoms with E-state index in [4.69, 9.17) is 14.2 Å². The van der Waals surface area contributed by atoms with Crippen LogP contribution in [0.25, 0.3) is 6.08 Å². The van der Waals surface area contributed by atoms with Crippen molar-refractivity contribution in [3.63, 3.8) is 0 Å². The van der Waals surface area contributed by atoms with Crippen LogP contribution in [0.5, 0.6) is 17.2 Å². The van der Waals surface area contributed by atoms with E-state index in [2.05, 4.69) is 13.0 Å². The van der Waals surface area contributed by atoms with Gasteiger partial charge in [0.15, 0.2) is 5.78 Å². The van der Waals surface area contributed by atoms with Crippen molar-refractivity contribution in [2.24, 2.45) is 0 Å². The van der Waals surface area contributed by atoms with Crippen molar-refractivity contribution < 1.29 is 19.0 Å². The molecule has 2 aromatic rings. The van der Waals surface area contributed by atoms with Crippen LogP contribution in [0, 0.1) is 0 Å². The second-order valence-corrected chi connectivity index (χ2v) is 5.92. The Kier molecular flexibility index (Phi) is 7.93. The summed E-state index contributed by atoms with van der Waals surface area (Å²) < 4.78 is 16.8. The summed E-state index contributed by atoms with van der Waals surface area (Å²) in [6.45, 7) is 9.49. The molecule has 0 atom stereocenters. The van der Waals surface area contributed by atoms with E-state index >= 15 is 0 Å². The van der Waals surface area contributed by atoms with Gasteiger partial charge in [-0.25, -0.2) is 0 Å². The molecule has 0 spiro atoms. The summed E-state index contributed by atoms with van der Waals surface area (Å²) in [7, 11) is 0. The van der Waals surface area contributed by atoms with Gasteiger partial charge in [0.25, 0.3) is 0 Å². The van der Waals surface area contributed by atoms with Crippen molar-refractivity contribution in [2.75, 3.05) is 19.8 Å². The minimum absolute atomic E-state index is 0.109. The molecule has 144 valence electrons. The summed E-state index contributed by atoms with van der Waals surface area (Å²) in [4.78, 5) is 12.7. The fourth-order valence-corrected chi connectivity index (χ4v) is 2.71. The van der Waals surface area contributed by atoms with Crippen LogP contribution in [0.15, 0.2) is 42.5 Å². The summed E-state index contributed by atoms with van der Waals surface area (Å²) in [5, 5.41) is 0. The van der Waals surface area contributed by atoms with E-state index in [9.17, 15) is 4.79 Å². The van der Waals surface area contributed by atoms with Crippen LogP contribution in [-0.4, -0.2) is 25.6 Å². The minimum Gasteiger partial charge on any atom is -0.494 e. The van der Waals surface area contributed by atoms with Gasteiger partial charge in [0, 0.05) is 17.2 Å². The van der Waals surface area contributed by atoms with Crippen LogP contribution in [0.3, 0.4) is 0 Å². The zero-order valence-corrected chi connectivity index (χ0v) is 16.6. The smallest absolute Gasteiger partial charge is 0.186 e. The van der Waals surface area contributed by atoms with Crippen LogP contribution in [-0.2, 0) is 6.42 Å². The summed E-state index contributed by atoms with van der Waals surface area (Å²) in [5.74, 6) is 1.92. The molecule has 27 heavy (non-hydrogen) atoms. The average Bonchev–Trinajstić information content (AvgIpc) is 2.67. The van der Waals surface area contributed by atoms with Crippen molar-refractivity contribution in [2.45, 2.75) is 34.1 Å². The monoisotopic (exact) mass is 368 g/mol. The Labute approximate surface area is 161 Å². The molecule has 0 amide bonds. The van der Waals surface area contributed by atoms with Crippen LogP contribution in [0.4, 0.5) is 0 Å². The normalized spacial score (nSPS) is 10.8. The lowest BCUT2D eigenvalue weighted by molar-refractivity contribution is 0.104. The Balaban J connectivity index is 2.30. The predicted octanol–water partition coefficient (Wildman–Crippen LogP) is 5.34. The number of hydrogen-bond acceptors (Lipinski definition) is 4. The van der Waals surface area contributed by atoms with Gasteiger partial charge >= 0.3 is 0 Å². The van der Waals surface area contributed by atoms with Crippen LogP contribution in [0.2, 0.25) is 0 Å². The molecule has 2 rings (SSSR count). The highest BCUT2D eigenvalue weighted by Gasteiger charge is 2.09. The topological polar surface area (TPSA) is 44.8 Å². The van der Waals surface area contributed by atoms with Crippen molar-refractivity contribution in [3.8, 4) is 17.2 Å². The Hall–Kier alpha value is -2.75. The Morgan fingerprint density at radius 2 is 1.48 bits per heavy atom. The first-order chi connectivity index (χ1) is 13.1. The van der Waals surface area contributed by atoms with Gasteiger partial charge in [-0.15, -0.1) is 0 Å². The second kappa shape index (κ2) is 10.4. The molecule has 4 heteroatoms. The predicted molar refractivity (Wildman–Crippen MR) is 109 cm³/mol. The molecule has 0 aromatic heterocycles. The van der Waals surface area contributed by atoms with E-state index in [1.165, 1.54) is 5.56 Å². The molecule has 0 aliphatic rings. The molecule has 0 saturated heterocycles. The third kappa shape index (κ3) is 5.88. The lowest BCUT2D eigenvalue weighted by atomic mass is 10.0. The second-order valence-electron chi connectivity index (χ2n) is 5.92. The maximum Gasteiger partial charge on any atom is 0.186 e. The highest BCUT2D eigenvalue weighted by molar-refractivity contribution is 6.07. The fourth-order valence-electron chi connectivity index (χ4n) is 2.71. The van der Waals surface area contributed by atoms with Gasteiger partial charge in [0.2, 0.25) is 0 Å². The van der Waals surface area contributed by atoms with Crippen LogP contribution in [0.1, 0.15) is 49.2 Å². The molecule has 0 unspecified atom stereocenters. The van der Waals surface area contributed by atoms with Crippen molar-refractivity contribution in [3.05, 3.63) is 59.2 Å². The molecule has 0 saturated carbocycles. The number of allylic oxidation sites excluding steroid dienone is 1. The van der Waals surface area contributed by atoms with Gasteiger partial charge < -0.3 is 14.2 Å². The standard InChI is InChI=1S/C23H28O4/c1-5-17-9-12-23(27-8-4)18(13-17)10-11-22(24)19-14-20(25-6-2)16-21(15-19)26-7-3/h9-16H,5-8H2,1-4H3. The molecular formula is C23H28O4. The number of carbonyl (C=O) groups excluding carboxylic acids is 1. The molecule has 0 radical (unpaired) electrons. The quantitative estimate of drug-likeness (QED) is 0.419. The highest BCUT2D eigenvalue weighted by atomic mass is 16.5. The number of carbonyl (C=O) groups is 1. The van der Waals surface area contributed by atoms with E-state index < -0.39 is 0 Å². The number of aryl methyl sites for hydroxylation is 1. The lowest BCUT2D eigenvalue weighted by Gasteiger charge is -2.10. The molecule has 2 aromatic carbocycles. The molecule has 0 aliphatic carbocycles. The molecule has 0 heterocycles. The Morgan fingerprint density at radius 3 is 2.04 bits per heavy atom. The van der Waals surface area contributed by atoms with E-state index in [0.717, 1.165) is 17.7 Å². The number of ether oxygens (including phenoxy) is 3. The van der Waals surface area contributed by atoms with Crippen molar-refractivity contribution >= 4 is 11.9 Å². The maximum absolute atomic E-state index is 12.7. The third-order valence-electron chi connectivity index (χ3n) is 3.98. The number of hydrogen-bond donors (Lipinski definition) is 0. The van der Waals surface area contributed by atoms with Crippen LogP contribution < -0.4 is 14.2 Å². The summed E-state index contributed by atoms with van der Waals surface area (Å²) >= 11 is 0. The van der Waals surface area contributed by atoms with Gasteiger partial charge in [0.1, 0.15) is 17.2 Å². The highest BCUT2D eigenvalue weighted by Crippen LogP contribution is 2.25. The van der Waals surface area contributed by atoms with Gasteiger partial charge in [-0.05, 0) is 69.2 Å². The molecule has 0 N–H and O–H groups in total. The lowest BCUT2D eigenvalue weighted by Crippen LogP contribution is -2.00. The molecule has 4 nitrogen and oxygen atoms in total. The minimum atomic E-state index is -0.109. The SMILES string of the molecule is CCOc1cc(OCC)cc(C(=O)C=Cc2cc(CC)ccc2OCC)c1. The molecule has 0 aliphatic heterocycles. The first-order valence-corrected chi connectivity index (χ1v) is 9.50. The number of ketones is 1.